The van der Waals surface area contributed by atoms with Gasteiger partial charge in [-0.1, -0.05) is 41.9 Å². The monoisotopic (exact) mass is 552 g/mol. The molecular weight excluding hydrogens is 528 g/mol. The van der Waals surface area contributed by atoms with Crippen molar-refractivity contribution in [3.63, 3.8) is 0 Å². The molecule has 4 aromatic rings. The van der Waals surface area contributed by atoms with E-state index in [0.29, 0.717) is 33.7 Å². The molecule has 2 heterocycles. The predicted octanol–water partition coefficient (Wildman–Crippen LogP) is 5.18. The molecule has 11 heteroatoms. The van der Waals surface area contributed by atoms with E-state index in [4.69, 9.17) is 21.1 Å². The maximum atomic E-state index is 13.6. The standard InChI is InChI=1S/C27H25ClN4O5S/c1-36-27(35)38(15-16-38)18-32-25(33)30-24(31(26(32)34)17-19-7-9-20(28)10-8-19)29-21-11-13-23(14-12-21)37-22-5-3-2-4-6-22/h2-14H,15-18H2,1H3,(H,29,30,33). The van der Waals surface area contributed by atoms with E-state index in [0.717, 1.165) is 10.1 Å². The predicted molar refractivity (Wildman–Crippen MR) is 149 cm³/mol. The first-order chi connectivity index (χ1) is 18.4. The van der Waals surface area contributed by atoms with E-state index in [2.05, 4.69) is 10.3 Å². The lowest BCUT2D eigenvalue weighted by atomic mass is 10.2. The van der Waals surface area contributed by atoms with E-state index in [9.17, 15) is 14.4 Å². The van der Waals surface area contributed by atoms with E-state index < -0.39 is 21.4 Å². The minimum atomic E-state index is -1.86. The summed E-state index contributed by atoms with van der Waals surface area (Å²) in [5.74, 6) is 2.67. The van der Waals surface area contributed by atoms with Crippen molar-refractivity contribution >= 4 is 38.6 Å². The van der Waals surface area contributed by atoms with Gasteiger partial charge in [0.05, 0.1) is 19.5 Å². The van der Waals surface area contributed by atoms with Gasteiger partial charge in [-0.3, -0.25) is 4.57 Å². The van der Waals surface area contributed by atoms with Crippen LogP contribution in [-0.4, -0.2) is 38.0 Å². The number of carbonyl (C=O) groups is 1. The summed E-state index contributed by atoms with van der Waals surface area (Å²) in [4.78, 5) is 43.1. The van der Waals surface area contributed by atoms with Crippen LogP contribution in [0.2, 0.25) is 5.02 Å². The zero-order valence-electron chi connectivity index (χ0n) is 20.5. The van der Waals surface area contributed by atoms with E-state index in [1.54, 1.807) is 48.5 Å². The molecule has 38 heavy (non-hydrogen) atoms. The van der Waals surface area contributed by atoms with Gasteiger partial charge in [-0.15, -0.1) is 10.0 Å². The molecule has 0 unspecified atom stereocenters. The Morgan fingerprint density at radius 3 is 2.24 bits per heavy atom. The van der Waals surface area contributed by atoms with Gasteiger partial charge in [-0.25, -0.2) is 19.0 Å². The average Bonchev–Trinajstić information content (AvgIpc) is 3.72. The molecular formula is C27H25ClN4O5S. The number of carbonyl (C=O) groups excluding carboxylic acids is 1. The van der Waals surface area contributed by atoms with E-state index in [-0.39, 0.29) is 23.7 Å². The average molecular weight is 553 g/mol. The second-order valence-corrected chi connectivity index (χ2v) is 12.7. The summed E-state index contributed by atoms with van der Waals surface area (Å²) in [6, 6.07) is 23.5. The first-order valence-corrected chi connectivity index (χ1v) is 14.3. The van der Waals surface area contributed by atoms with Crippen LogP contribution in [0, 0.1) is 0 Å². The molecule has 1 fully saturated rings. The van der Waals surface area contributed by atoms with Gasteiger partial charge in [-0.05, 0) is 65.6 Å². The van der Waals surface area contributed by atoms with Crippen LogP contribution >= 0.6 is 21.6 Å². The molecule has 0 spiro atoms. The maximum Gasteiger partial charge on any atom is 0.355 e. The summed E-state index contributed by atoms with van der Waals surface area (Å²) < 4.78 is 13.2. The number of methoxy groups -OCH3 is 1. The van der Waals surface area contributed by atoms with Crippen molar-refractivity contribution < 1.29 is 14.3 Å². The highest BCUT2D eigenvalue weighted by molar-refractivity contribution is 8.49. The van der Waals surface area contributed by atoms with Crippen molar-refractivity contribution in [2.75, 3.05) is 23.9 Å². The number of hydrogen-bond donors (Lipinski definition) is 1. The molecule has 9 nitrogen and oxygen atoms in total. The summed E-state index contributed by atoms with van der Waals surface area (Å²) in [5, 5.41) is 3.30. The Balaban J connectivity index is 1.47. The van der Waals surface area contributed by atoms with Crippen molar-refractivity contribution in [3.8, 4) is 11.5 Å². The lowest BCUT2D eigenvalue weighted by Crippen LogP contribution is -2.43. The van der Waals surface area contributed by atoms with Gasteiger partial charge >= 0.3 is 16.7 Å². The number of nitrogens with zero attached hydrogens (tertiary/aromatic N) is 3. The fourth-order valence-electron chi connectivity index (χ4n) is 3.88. The van der Waals surface area contributed by atoms with Gasteiger partial charge in [0.2, 0.25) is 5.95 Å². The third-order valence-electron chi connectivity index (χ3n) is 6.09. The van der Waals surface area contributed by atoms with Crippen molar-refractivity contribution in [3.05, 3.63) is 110 Å². The van der Waals surface area contributed by atoms with Crippen LogP contribution in [0.3, 0.4) is 0 Å². The number of ether oxygens (including phenoxy) is 2. The highest BCUT2D eigenvalue weighted by Crippen LogP contribution is 2.63. The Bertz CT molecular complexity index is 1570. The number of anilines is 2. The Morgan fingerprint density at radius 1 is 0.947 bits per heavy atom. The quantitative estimate of drug-likeness (QED) is 0.237. The normalized spacial score (nSPS) is 14.4. The van der Waals surface area contributed by atoms with Gasteiger partial charge in [0.15, 0.2) is 0 Å². The van der Waals surface area contributed by atoms with Crippen molar-refractivity contribution in [1.29, 1.82) is 0 Å². The fraction of sp³-hybridized carbons (Fsp3) is 0.185. The maximum absolute atomic E-state index is 13.6. The largest absolute Gasteiger partial charge is 0.462 e. The van der Waals surface area contributed by atoms with Gasteiger partial charge in [0.25, 0.3) is 0 Å². The second kappa shape index (κ2) is 10.8. The van der Waals surface area contributed by atoms with Crippen LogP contribution in [0.25, 0.3) is 0 Å². The number of para-hydroxylation sites is 1. The van der Waals surface area contributed by atoms with Crippen molar-refractivity contribution in [1.82, 2.24) is 14.1 Å². The summed E-state index contributed by atoms with van der Waals surface area (Å²) in [6.07, 6.45) is 0. The van der Waals surface area contributed by atoms with Gasteiger partial charge in [0, 0.05) is 10.7 Å². The Labute approximate surface area is 224 Å². The molecule has 3 aromatic carbocycles. The van der Waals surface area contributed by atoms with Crippen LogP contribution in [0.1, 0.15) is 5.56 Å². The first-order valence-electron chi connectivity index (χ1n) is 11.8. The minimum Gasteiger partial charge on any atom is -0.462 e. The number of nitrogens with one attached hydrogen (secondary N) is 1. The van der Waals surface area contributed by atoms with Crippen LogP contribution in [0.5, 0.6) is 11.5 Å². The first kappa shape index (κ1) is 25.6. The van der Waals surface area contributed by atoms with Gasteiger partial charge < -0.3 is 14.8 Å². The zero-order chi connectivity index (χ0) is 26.7. The summed E-state index contributed by atoms with van der Waals surface area (Å²) >= 11 is 6.03. The molecule has 0 amide bonds. The highest BCUT2D eigenvalue weighted by Gasteiger charge is 2.46. The molecule has 196 valence electrons. The lowest BCUT2D eigenvalue weighted by Gasteiger charge is -2.20. The Hall–Kier alpha value is -4.02. The summed E-state index contributed by atoms with van der Waals surface area (Å²) in [5.41, 5.74) is 0.114. The van der Waals surface area contributed by atoms with E-state index in [1.165, 1.54) is 11.7 Å². The van der Waals surface area contributed by atoms with Crippen molar-refractivity contribution in [2.24, 2.45) is 0 Å². The van der Waals surface area contributed by atoms with Gasteiger partial charge in [0.1, 0.15) is 11.5 Å². The number of halogens is 1. The molecule has 1 N–H and O–H groups in total. The Kier molecular flexibility index (Phi) is 7.26. The number of aromatic nitrogens is 3. The molecule has 1 aromatic heterocycles. The van der Waals surface area contributed by atoms with Crippen LogP contribution in [-0.2, 0) is 17.2 Å². The van der Waals surface area contributed by atoms with E-state index >= 15 is 0 Å². The van der Waals surface area contributed by atoms with Crippen LogP contribution < -0.4 is 21.4 Å². The smallest absolute Gasteiger partial charge is 0.355 e. The van der Waals surface area contributed by atoms with Gasteiger partial charge in [-0.2, -0.15) is 4.98 Å². The fourth-order valence-corrected chi connectivity index (χ4v) is 6.58. The zero-order valence-corrected chi connectivity index (χ0v) is 22.1. The third kappa shape index (κ3) is 5.61. The van der Waals surface area contributed by atoms with E-state index in [1.807, 2.05) is 30.3 Å². The molecule has 1 aliphatic heterocycles. The van der Waals surface area contributed by atoms with Crippen LogP contribution in [0.4, 0.5) is 16.4 Å². The molecule has 5 rings (SSSR count). The highest BCUT2D eigenvalue weighted by atomic mass is 35.5. The SMILES string of the molecule is COC(=O)S1(Cn2c(=O)nc(Nc3ccc(Oc4ccccc4)cc3)n(Cc3ccc(Cl)cc3)c2=O)CC1. The Morgan fingerprint density at radius 2 is 1.61 bits per heavy atom. The molecule has 0 saturated carbocycles. The molecule has 0 aliphatic carbocycles. The third-order valence-corrected chi connectivity index (χ3v) is 9.36. The number of benzene rings is 3. The second-order valence-electron chi connectivity index (χ2n) is 8.74. The topological polar surface area (TPSA) is 104 Å². The minimum absolute atomic E-state index is 0.00321. The number of rotatable bonds is 8. The van der Waals surface area contributed by atoms with Crippen LogP contribution in [0.15, 0.2) is 88.5 Å². The molecule has 1 saturated heterocycles. The lowest BCUT2D eigenvalue weighted by molar-refractivity contribution is 0.199. The molecule has 0 radical (unpaired) electrons. The van der Waals surface area contributed by atoms with Crippen molar-refractivity contribution in [2.45, 2.75) is 12.4 Å². The summed E-state index contributed by atoms with van der Waals surface area (Å²) in [6.45, 7) is 0.140. The molecule has 1 aliphatic rings. The summed E-state index contributed by atoms with van der Waals surface area (Å²) in [7, 11) is -0.541. The molecule has 0 atom stereocenters. The number of hydrogen-bond acceptors (Lipinski definition) is 7. The molecule has 0 bridgehead atoms.